The van der Waals surface area contributed by atoms with Gasteiger partial charge < -0.3 is 5.32 Å². The Morgan fingerprint density at radius 3 is 2.71 bits per heavy atom. The fourth-order valence-electron chi connectivity index (χ4n) is 2.29. The molecule has 1 heterocycles. The van der Waals surface area contributed by atoms with Crippen LogP contribution < -0.4 is 5.32 Å². The normalized spacial score (nSPS) is 16.7. The Labute approximate surface area is 112 Å². The molecule has 0 radical (unpaired) electrons. The summed E-state index contributed by atoms with van der Waals surface area (Å²) in [7, 11) is 0. The molecule has 1 N–H and O–H groups in total. The van der Waals surface area contributed by atoms with Crippen molar-refractivity contribution in [2.45, 2.75) is 40.0 Å². The Hall–Kier alpha value is -0.570. The summed E-state index contributed by atoms with van der Waals surface area (Å²) < 4.78 is 1.07. The molecule has 94 valence electrons. The van der Waals surface area contributed by atoms with Gasteiger partial charge in [0.05, 0.1) is 0 Å². The molecule has 17 heavy (non-hydrogen) atoms. The highest BCUT2D eigenvalue weighted by molar-refractivity contribution is 9.10. The van der Waals surface area contributed by atoms with Crippen molar-refractivity contribution in [1.29, 1.82) is 0 Å². The van der Waals surface area contributed by atoms with Crippen molar-refractivity contribution in [3.05, 3.63) is 22.3 Å². The second kappa shape index (κ2) is 4.97. The molecule has 0 aliphatic heterocycles. The monoisotopic (exact) mass is 296 g/mol. The maximum Gasteiger partial charge on any atom is 0.126 e. The van der Waals surface area contributed by atoms with E-state index in [2.05, 4.69) is 53.1 Å². The van der Waals surface area contributed by atoms with Crippen molar-refractivity contribution in [2.24, 2.45) is 11.3 Å². The summed E-state index contributed by atoms with van der Waals surface area (Å²) in [5.74, 6) is 1.87. The van der Waals surface area contributed by atoms with Gasteiger partial charge in [-0.25, -0.2) is 4.98 Å². The average molecular weight is 297 g/mol. The van der Waals surface area contributed by atoms with Crippen LogP contribution in [0.2, 0.25) is 0 Å². The van der Waals surface area contributed by atoms with Crippen LogP contribution in [0.25, 0.3) is 0 Å². The van der Waals surface area contributed by atoms with Crippen molar-refractivity contribution < 1.29 is 0 Å². The molecule has 0 saturated heterocycles. The number of aryl methyl sites for hydroxylation is 1. The Morgan fingerprint density at radius 1 is 1.47 bits per heavy atom. The predicted octanol–water partition coefficient (Wildman–Crippen LogP) is 4.39. The molecule has 0 aromatic carbocycles. The first-order chi connectivity index (χ1) is 7.99. The Balaban J connectivity index is 1.94. The van der Waals surface area contributed by atoms with Crippen LogP contribution in [-0.2, 0) is 0 Å². The van der Waals surface area contributed by atoms with Crippen LogP contribution in [0.5, 0.6) is 0 Å². The maximum absolute atomic E-state index is 4.39. The molecule has 2 nitrogen and oxygen atoms in total. The Morgan fingerprint density at radius 2 is 2.18 bits per heavy atom. The fraction of sp³-hybridized carbons (Fsp3) is 0.643. The Bertz CT molecular complexity index is 397. The fourth-order valence-corrected chi connectivity index (χ4v) is 2.51. The molecule has 1 aromatic rings. The first-order valence-corrected chi connectivity index (χ1v) is 7.14. The number of aromatic nitrogens is 1. The first kappa shape index (κ1) is 12.9. The van der Waals surface area contributed by atoms with Crippen molar-refractivity contribution in [1.82, 2.24) is 4.98 Å². The van der Waals surface area contributed by atoms with Crippen molar-refractivity contribution in [2.75, 3.05) is 11.9 Å². The van der Waals surface area contributed by atoms with Gasteiger partial charge in [-0.15, -0.1) is 0 Å². The van der Waals surface area contributed by atoms with Gasteiger partial charge >= 0.3 is 0 Å². The number of hydrogen-bond donors (Lipinski definition) is 1. The van der Waals surface area contributed by atoms with Crippen molar-refractivity contribution in [3.8, 4) is 0 Å². The lowest BCUT2D eigenvalue weighted by Gasteiger charge is -2.40. The SMILES string of the molecule is Cc1cc(NCC(C)(C)C2CCC2)ncc1Br. The first-order valence-electron chi connectivity index (χ1n) is 6.35. The lowest BCUT2D eigenvalue weighted by Crippen LogP contribution is -2.35. The third kappa shape index (κ3) is 3.01. The van der Waals surface area contributed by atoms with Crippen LogP contribution >= 0.6 is 15.9 Å². The molecule has 1 aromatic heterocycles. The highest BCUT2D eigenvalue weighted by atomic mass is 79.9. The summed E-state index contributed by atoms with van der Waals surface area (Å²) in [4.78, 5) is 4.39. The third-order valence-corrected chi connectivity index (χ3v) is 4.81. The van der Waals surface area contributed by atoms with E-state index in [0.29, 0.717) is 5.41 Å². The van der Waals surface area contributed by atoms with E-state index in [-0.39, 0.29) is 0 Å². The summed E-state index contributed by atoms with van der Waals surface area (Å²) >= 11 is 3.47. The van der Waals surface area contributed by atoms with E-state index in [9.17, 15) is 0 Å². The topological polar surface area (TPSA) is 24.9 Å². The van der Waals surface area contributed by atoms with Crippen LogP contribution in [0, 0.1) is 18.3 Å². The molecule has 0 unspecified atom stereocenters. The van der Waals surface area contributed by atoms with Crippen LogP contribution in [0.15, 0.2) is 16.7 Å². The van der Waals surface area contributed by atoms with E-state index in [4.69, 9.17) is 0 Å². The maximum atomic E-state index is 4.39. The molecule has 1 aliphatic rings. The molecule has 0 atom stereocenters. The average Bonchev–Trinajstić information content (AvgIpc) is 2.17. The highest BCUT2D eigenvalue weighted by Gasteiger charge is 2.33. The number of pyridine rings is 1. The molecule has 0 bridgehead atoms. The lowest BCUT2D eigenvalue weighted by molar-refractivity contribution is 0.134. The minimum absolute atomic E-state index is 0.376. The van der Waals surface area contributed by atoms with Crippen LogP contribution in [0.3, 0.4) is 0 Å². The number of hydrogen-bond acceptors (Lipinski definition) is 2. The second-order valence-corrected chi connectivity index (χ2v) is 6.64. The van der Waals surface area contributed by atoms with E-state index < -0.39 is 0 Å². The zero-order valence-corrected chi connectivity index (χ0v) is 12.5. The summed E-state index contributed by atoms with van der Waals surface area (Å²) in [5, 5.41) is 3.47. The number of nitrogens with zero attached hydrogens (tertiary/aromatic N) is 1. The summed E-state index contributed by atoms with van der Waals surface area (Å²) in [6.45, 7) is 7.81. The van der Waals surface area contributed by atoms with Crippen LogP contribution in [-0.4, -0.2) is 11.5 Å². The molecular formula is C14H21BrN2. The number of rotatable bonds is 4. The van der Waals surface area contributed by atoms with Crippen LogP contribution in [0.4, 0.5) is 5.82 Å². The van der Waals surface area contributed by atoms with Crippen molar-refractivity contribution in [3.63, 3.8) is 0 Å². The molecular weight excluding hydrogens is 276 g/mol. The molecule has 0 spiro atoms. The van der Waals surface area contributed by atoms with Gasteiger partial charge in [0, 0.05) is 17.2 Å². The number of anilines is 1. The predicted molar refractivity (Wildman–Crippen MR) is 76.3 cm³/mol. The number of nitrogens with one attached hydrogen (secondary N) is 1. The second-order valence-electron chi connectivity index (χ2n) is 5.79. The van der Waals surface area contributed by atoms with Gasteiger partial charge in [0.15, 0.2) is 0 Å². The lowest BCUT2D eigenvalue weighted by atomic mass is 9.67. The molecule has 2 rings (SSSR count). The van der Waals surface area contributed by atoms with E-state index in [1.165, 1.54) is 24.8 Å². The zero-order valence-electron chi connectivity index (χ0n) is 10.9. The van der Waals surface area contributed by atoms with Crippen LogP contribution in [0.1, 0.15) is 38.7 Å². The largest absolute Gasteiger partial charge is 0.370 e. The van der Waals surface area contributed by atoms with Gasteiger partial charge in [-0.3, -0.25) is 0 Å². The minimum atomic E-state index is 0.376. The van der Waals surface area contributed by atoms with E-state index in [1.807, 2.05) is 6.20 Å². The van der Waals surface area contributed by atoms with Gasteiger partial charge in [0.25, 0.3) is 0 Å². The highest BCUT2D eigenvalue weighted by Crippen LogP contribution is 2.41. The minimum Gasteiger partial charge on any atom is -0.370 e. The molecule has 0 amide bonds. The van der Waals surface area contributed by atoms with E-state index in [0.717, 1.165) is 22.8 Å². The standard InChI is InChI=1S/C14H21BrN2/c1-10-7-13(16-8-12(10)15)17-9-14(2,3)11-5-4-6-11/h7-8,11H,4-6,9H2,1-3H3,(H,16,17). The van der Waals surface area contributed by atoms with E-state index in [1.54, 1.807) is 0 Å². The van der Waals surface area contributed by atoms with Gasteiger partial charge in [-0.05, 0) is 58.7 Å². The molecule has 3 heteroatoms. The zero-order chi connectivity index (χ0) is 12.5. The van der Waals surface area contributed by atoms with E-state index >= 15 is 0 Å². The quantitative estimate of drug-likeness (QED) is 0.891. The van der Waals surface area contributed by atoms with Gasteiger partial charge in [0.1, 0.15) is 5.82 Å². The van der Waals surface area contributed by atoms with Crippen molar-refractivity contribution >= 4 is 21.7 Å². The summed E-state index contributed by atoms with van der Waals surface area (Å²) in [6.07, 6.45) is 6.06. The third-order valence-electron chi connectivity index (χ3n) is 3.98. The number of halogens is 1. The molecule has 1 saturated carbocycles. The van der Waals surface area contributed by atoms with Gasteiger partial charge in [0.2, 0.25) is 0 Å². The molecule has 1 fully saturated rings. The summed E-state index contributed by atoms with van der Waals surface area (Å²) in [5.41, 5.74) is 1.60. The smallest absolute Gasteiger partial charge is 0.126 e. The summed E-state index contributed by atoms with van der Waals surface area (Å²) in [6, 6.07) is 2.10. The molecule has 1 aliphatic carbocycles. The van der Waals surface area contributed by atoms with Gasteiger partial charge in [-0.2, -0.15) is 0 Å². The Kier molecular flexibility index (Phi) is 3.76. The van der Waals surface area contributed by atoms with Gasteiger partial charge in [-0.1, -0.05) is 20.3 Å².